The molecule has 40 heavy (non-hydrogen) atoms. The van der Waals surface area contributed by atoms with E-state index in [0.29, 0.717) is 38.0 Å². The molecule has 1 aromatic heterocycles. The second kappa shape index (κ2) is 12.9. The van der Waals surface area contributed by atoms with Crippen LogP contribution in [0.25, 0.3) is 11.3 Å². The minimum atomic E-state index is -0.941. The zero-order valence-electron chi connectivity index (χ0n) is 22.5. The average Bonchev–Trinajstić information content (AvgIpc) is 2.98. The number of carboxylic acid groups (broad SMARTS) is 1. The van der Waals surface area contributed by atoms with Gasteiger partial charge in [0, 0.05) is 30.8 Å². The van der Waals surface area contributed by atoms with Gasteiger partial charge in [0.1, 0.15) is 13.2 Å². The van der Waals surface area contributed by atoms with Gasteiger partial charge in [-0.1, -0.05) is 73.5 Å². The quantitative estimate of drug-likeness (QED) is 0.217. The van der Waals surface area contributed by atoms with Crippen molar-refractivity contribution in [3.8, 4) is 22.8 Å². The molecule has 0 spiro atoms. The molecule has 1 aliphatic heterocycles. The summed E-state index contributed by atoms with van der Waals surface area (Å²) >= 11 is 6.77. The van der Waals surface area contributed by atoms with E-state index in [0.717, 1.165) is 64.3 Å². The number of hydrogen-bond acceptors (Lipinski definition) is 6. The van der Waals surface area contributed by atoms with E-state index < -0.39 is 5.97 Å². The van der Waals surface area contributed by atoms with Crippen LogP contribution in [0.15, 0.2) is 72.8 Å². The van der Waals surface area contributed by atoms with E-state index in [1.54, 1.807) is 12.1 Å². The third-order valence-electron chi connectivity index (χ3n) is 6.97. The maximum absolute atomic E-state index is 11.4. The van der Waals surface area contributed by atoms with Crippen molar-refractivity contribution >= 4 is 17.6 Å². The second-order valence-electron chi connectivity index (χ2n) is 9.89. The summed E-state index contributed by atoms with van der Waals surface area (Å²) < 4.78 is 11.5. The lowest BCUT2D eigenvalue weighted by molar-refractivity contribution is 0.0697. The Hall–Kier alpha value is -3.94. The van der Waals surface area contributed by atoms with E-state index in [1.165, 1.54) is 0 Å². The molecule has 0 aliphatic carbocycles. The minimum Gasteiger partial charge on any atom is -0.486 e. The van der Waals surface area contributed by atoms with E-state index in [1.807, 2.05) is 60.7 Å². The molecule has 8 heteroatoms. The van der Waals surface area contributed by atoms with Gasteiger partial charge in [0.2, 0.25) is 0 Å². The van der Waals surface area contributed by atoms with E-state index in [2.05, 4.69) is 22.0 Å². The van der Waals surface area contributed by atoms with Crippen molar-refractivity contribution in [3.05, 3.63) is 106 Å². The van der Waals surface area contributed by atoms with Crippen molar-refractivity contribution in [2.45, 2.75) is 45.8 Å². The van der Waals surface area contributed by atoms with Crippen LogP contribution in [0.1, 0.15) is 52.4 Å². The van der Waals surface area contributed by atoms with Crippen molar-refractivity contribution in [2.24, 2.45) is 0 Å². The van der Waals surface area contributed by atoms with Crippen LogP contribution in [-0.2, 0) is 26.1 Å². The Morgan fingerprint density at radius 3 is 2.30 bits per heavy atom. The second-order valence-corrected chi connectivity index (χ2v) is 10.2. The van der Waals surface area contributed by atoms with Crippen LogP contribution in [0.3, 0.4) is 0 Å². The number of unbranched alkanes of at least 4 members (excludes halogenated alkanes) is 1. The molecule has 0 bridgehead atoms. The number of aromatic carboxylic acids is 1. The van der Waals surface area contributed by atoms with Crippen molar-refractivity contribution in [3.63, 3.8) is 0 Å². The molecule has 0 fully saturated rings. The van der Waals surface area contributed by atoms with Gasteiger partial charge in [-0.25, -0.2) is 4.79 Å². The SMILES string of the molecule is CCCCc1c(-c2ccccc2)nnc(Cl)c1CN(Cc1ccc(C(=O)O)cc1)Cc1ccc2c(c1)OCCO2. The fourth-order valence-corrected chi connectivity index (χ4v) is 5.15. The number of nitrogens with zero attached hydrogens (tertiary/aromatic N) is 3. The van der Waals surface area contributed by atoms with Gasteiger partial charge in [0.15, 0.2) is 16.7 Å². The number of ether oxygens (including phenoxy) is 2. The summed E-state index contributed by atoms with van der Waals surface area (Å²) in [7, 11) is 0. The summed E-state index contributed by atoms with van der Waals surface area (Å²) in [5.41, 5.74) is 6.28. The number of carbonyl (C=O) groups is 1. The maximum atomic E-state index is 11.4. The van der Waals surface area contributed by atoms with E-state index in [-0.39, 0.29) is 5.56 Å². The van der Waals surface area contributed by atoms with Gasteiger partial charge in [0.05, 0.1) is 11.3 Å². The smallest absolute Gasteiger partial charge is 0.335 e. The largest absolute Gasteiger partial charge is 0.486 e. The Kier molecular flexibility index (Phi) is 8.94. The molecule has 3 aromatic carbocycles. The van der Waals surface area contributed by atoms with E-state index >= 15 is 0 Å². The Morgan fingerprint density at radius 1 is 0.875 bits per heavy atom. The number of fused-ring (bicyclic) bond motifs is 1. The van der Waals surface area contributed by atoms with Gasteiger partial charge >= 0.3 is 5.97 Å². The Morgan fingerprint density at radius 2 is 1.57 bits per heavy atom. The Bertz CT molecular complexity index is 1460. The fraction of sp³-hybridized carbons (Fsp3) is 0.281. The zero-order chi connectivity index (χ0) is 27.9. The van der Waals surface area contributed by atoms with Crippen molar-refractivity contribution in [1.29, 1.82) is 0 Å². The highest BCUT2D eigenvalue weighted by molar-refractivity contribution is 6.30. The molecule has 206 valence electrons. The minimum absolute atomic E-state index is 0.262. The Labute approximate surface area is 239 Å². The summed E-state index contributed by atoms with van der Waals surface area (Å²) in [4.78, 5) is 13.7. The van der Waals surface area contributed by atoms with Gasteiger partial charge in [-0.15, -0.1) is 10.2 Å². The molecule has 1 N–H and O–H groups in total. The lowest BCUT2D eigenvalue weighted by Gasteiger charge is -2.26. The van der Waals surface area contributed by atoms with Gasteiger partial charge < -0.3 is 14.6 Å². The Balaban J connectivity index is 1.51. The molecule has 0 unspecified atom stereocenters. The molecular formula is C32H32ClN3O4. The summed E-state index contributed by atoms with van der Waals surface area (Å²) in [5.74, 6) is 0.554. The molecule has 1 aliphatic rings. The summed E-state index contributed by atoms with van der Waals surface area (Å²) in [5, 5.41) is 18.6. The highest BCUT2D eigenvalue weighted by Crippen LogP contribution is 2.33. The lowest BCUT2D eigenvalue weighted by Crippen LogP contribution is -2.24. The predicted octanol–water partition coefficient (Wildman–Crippen LogP) is 6.81. The zero-order valence-corrected chi connectivity index (χ0v) is 23.2. The van der Waals surface area contributed by atoms with Crippen LogP contribution >= 0.6 is 11.6 Å². The number of carboxylic acids is 1. The molecule has 0 saturated carbocycles. The number of aromatic nitrogens is 2. The fourth-order valence-electron chi connectivity index (χ4n) is 4.94. The van der Waals surface area contributed by atoms with Crippen LogP contribution in [0.4, 0.5) is 0 Å². The molecule has 7 nitrogen and oxygen atoms in total. The van der Waals surface area contributed by atoms with Crippen molar-refractivity contribution in [2.75, 3.05) is 13.2 Å². The highest BCUT2D eigenvalue weighted by Gasteiger charge is 2.21. The molecule has 0 radical (unpaired) electrons. The molecule has 5 rings (SSSR count). The topological polar surface area (TPSA) is 84.8 Å². The predicted molar refractivity (Wildman–Crippen MR) is 155 cm³/mol. The first-order chi connectivity index (χ1) is 19.5. The van der Waals surface area contributed by atoms with Crippen molar-refractivity contribution < 1.29 is 19.4 Å². The first-order valence-corrected chi connectivity index (χ1v) is 13.9. The van der Waals surface area contributed by atoms with Crippen LogP contribution in [0.2, 0.25) is 5.15 Å². The summed E-state index contributed by atoms with van der Waals surface area (Å²) in [6, 6.07) is 23.1. The molecule has 0 atom stereocenters. The lowest BCUT2D eigenvalue weighted by atomic mass is 9.97. The summed E-state index contributed by atoms with van der Waals surface area (Å²) in [6.07, 6.45) is 2.90. The standard InChI is InChI=1S/C32H32ClN3O4/c1-2-3-9-26-27(31(33)35-34-30(26)24-7-5-4-6-8-24)21-36(19-22-10-13-25(14-11-22)32(37)38)20-23-12-15-28-29(18-23)40-17-16-39-28/h4-8,10-15,18H,2-3,9,16-17,19-21H2,1H3,(H,37,38). The number of rotatable bonds is 11. The summed E-state index contributed by atoms with van der Waals surface area (Å²) in [6.45, 7) is 4.99. The van der Waals surface area contributed by atoms with E-state index in [9.17, 15) is 9.90 Å². The van der Waals surface area contributed by atoms with Crippen molar-refractivity contribution in [1.82, 2.24) is 15.1 Å². The molecule has 0 saturated heterocycles. The third-order valence-corrected chi connectivity index (χ3v) is 7.27. The molecule has 2 heterocycles. The van der Waals surface area contributed by atoms with Crippen LogP contribution in [0, 0.1) is 0 Å². The van der Waals surface area contributed by atoms with Crippen LogP contribution in [-0.4, -0.2) is 39.4 Å². The van der Waals surface area contributed by atoms with Gasteiger partial charge in [-0.3, -0.25) is 4.90 Å². The number of hydrogen-bond donors (Lipinski definition) is 1. The number of benzene rings is 3. The maximum Gasteiger partial charge on any atom is 0.335 e. The third kappa shape index (κ3) is 6.61. The normalized spacial score (nSPS) is 12.5. The molecule has 4 aromatic rings. The van der Waals surface area contributed by atoms with Crippen LogP contribution in [0.5, 0.6) is 11.5 Å². The number of halogens is 1. The average molecular weight is 558 g/mol. The van der Waals surface area contributed by atoms with Gasteiger partial charge in [-0.05, 0) is 53.8 Å². The van der Waals surface area contributed by atoms with Crippen LogP contribution < -0.4 is 9.47 Å². The van der Waals surface area contributed by atoms with Gasteiger partial charge in [-0.2, -0.15) is 0 Å². The monoisotopic (exact) mass is 557 g/mol. The molecular weight excluding hydrogens is 526 g/mol. The molecule has 0 amide bonds. The highest BCUT2D eigenvalue weighted by atomic mass is 35.5. The first-order valence-electron chi connectivity index (χ1n) is 13.5. The first kappa shape index (κ1) is 27.6. The van der Waals surface area contributed by atoms with Gasteiger partial charge in [0.25, 0.3) is 0 Å². The van der Waals surface area contributed by atoms with E-state index in [4.69, 9.17) is 21.1 Å².